The lowest BCUT2D eigenvalue weighted by atomic mass is 10.2. The van der Waals surface area contributed by atoms with Gasteiger partial charge in [0, 0.05) is 18.7 Å². The highest BCUT2D eigenvalue weighted by atomic mass is 16.6. The fourth-order valence-corrected chi connectivity index (χ4v) is 1.47. The second-order valence-corrected chi connectivity index (χ2v) is 3.54. The van der Waals surface area contributed by atoms with E-state index in [1.807, 2.05) is 6.92 Å². The summed E-state index contributed by atoms with van der Waals surface area (Å²) in [6.45, 7) is 3.42. The van der Waals surface area contributed by atoms with E-state index < -0.39 is 4.92 Å². The number of nitro benzene ring substituents is 1. The molecule has 0 aromatic heterocycles. The van der Waals surface area contributed by atoms with Crippen LogP contribution in [-0.4, -0.2) is 24.0 Å². The molecule has 0 radical (unpaired) electrons. The van der Waals surface area contributed by atoms with Gasteiger partial charge in [-0.1, -0.05) is 6.07 Å². The standard InChI is InChI=1S/C10H12N4O2/c1-7-2-3-8(14(15)16)6-9(7)13-10-11-4-5-12-10/h2-3,6H,4-5H2,1H3,(H2,11,12,13). The predicted molar refractivity (Wildman–Crippen MR) is 61.8 cm³/mol. The maximum absolute atomic E-state index is 10.6. The molecule has 1 aliphatic heterocycles. The minimum absolute atomic E-state index is 0.0756. The van der Waals surface area contributed by atoms with Gasteiger partial charge in [0.2, 0.25) is 0 Å². The molecule has 0 saturated heterocycles. The number of hydrogen-bond donors (Lipinski definition) is 2. The van der Waals surface area contributed by atoms with Gasteiger partial charge in [-0.15, -0.1) is 0 Å². The predicted octanol–water partition coefficient (Wildman–Crippen LogP) is 1.27. The van der Waals surface area contributed by atoms with Crippen LogP contribution in [0.25, 0.3) is 0 Å². The highest BCUT2D eigenvalue weighted by Crippen LogP contribution is 2.21. The van der Waals surface area contributed by atoms with E-state index in [0.29, 0.717) is 11.6 Å². The van der Waals surface area contributed by atoms with Gasteiger partial charge in [-0.05, 0) is 12.5 Å². The lowest BCUT2D eigenvalue weighted by molar-refractivity contribution is -0.384. The fourth-order valence-electron chi connectivity index (χ4n) is 1.47. The molecule has 16 heavy (non-hydrogen) atoms. The molecule has 1 heterocycles. The first-order valence-electron chi connectivity index (χ1n) is 4.97. The lowest BCUT2D eigenvalue weighted by Gasteiger charge is -2.09. The van der Waals surface area contributed by atoms with Crippen LogP contribution in [0.2, 0.25) is 0 Å². The molecule has 0 unspecified atom stereocenters. The second-order valence-electron chi connectivity index (χ2n) is 3.54. The molecule has 0 aliphatic carbocycles. The Hall–Kier alpha value is -2.11. The Morgan fingerprint density at radius 1 is 1.56 bits per heavy atom. The monoisotopic (exact) mass is 220 g/mol. The third-order valence-electron chi connectivity index (χ3n) is 2.36. The average molecular weight is 220 g/mol. The van der Waals surface area contributed by atoms with Crippen molar-refractivity contribution in [3.8, 4) is 0 Å². The summed E-state index contributed by atoms with van der Waals surface area (Å²) in [7, 11) is 0. The number of aryl methyl sites for hydroxylation is 1. The number of aliphatic imine (C=N–C) groups is 1. The Morgan fingerprint density at radius 2 is 2.38 bits per heavy atom. The molecule has 0 bridgehead atoms. The van der Waals surface area contributed by atoms with Crippen LogP contribution in [0.1, 0.15) is 5.56 Å². The van der Waals surface area contributed by atoms with Gasteiger partial charge in [-0.25, -0.2) is 0 Å². The Bertz CT molecular complexity index is 456. The second kappa shape index (κ2) is 4.18. The molecule has 2 rings (SSSR count). The molecule has 1 aromatic rings. The van der Waals surface area contributed by atoms with E-state index in [4.69, 9.17) is 0 Å². The Labute approximate surface area is 92.5 Å². The van der Waals surface area contributed by atoms with E-state index in [9.17, 15) is 10.1 Å². The zero-order valence-electron chi connectivity index (χ0n) is 8.86. The largest absolute Gasteiger partial charge is 0.354 e. The third kappa shape index (κ3) is 2.10. The van der Waals surface area contributed by atoms with Gasteiger partial charge in [0.15, 0.2) is 5.96 Å². The minimum Gasteiger partial charge on any atom is -0.354 e. The summed E-state index contributed by atoms with van der Waals surface area (Å²) >= 11 is 0. The summed E-state index contributed by atoms with van der Waals surface area (Å²) in [6, 6.07) is 4.72. The molecule has 1 aromatic carbocycles. The van der Waals surface area contributed by atoms with Crippen molar-refractivity contribution in [3.05, 3.63) is 33.9 Å². The molecule has 0 saturated carbocycles. The van der Waals surface area contributed by atoms with Crippen LogP contribution < -0.4 is 10.6 Å². The Kier molecular flexibility index (Phi) is 2.72. The third-order valence-corrected chi connectivity index (χ3v) is 2.36. The van der Waals surface area contributed by atoms with Gasteiger partial charge < -0.3 is 10.6 Å². The van der Waals surface area contributed by atoms with Gasteiger partial charge in [0.25, 0.3) is 5.69 Å². The molecular weight excluding hydrogens is 208 g/mol. The summed E-state index contributed by atoms with van der Waals surface area (Å²) in [4.78, 5) is 14.4. The van der Waals surface area contributed by atoms with Crippen molar-refractivity contribution in [1.29, 1.82) is 0 Å². The van der Waals surface area contributed by atoms with Gasteiger partial charge >= 0.3 is 0 Å². The summed E-state index contributed by atoms with van der Waals surface area (Å²) in [5.74, 6) is 0.670. The number of hydrogen-bond acceptors (Lipinski definition) is 5. The van der Waals surface area contributed by atoms with Crippen molar-refractivity contribution in [2.75, 3.05) is 18.4 Å². The Morgan fingerprint density at radius 3 is 3.00 bits per heavy atom. The highest BCUT2D eigenvalue weighted by Gasteiger charge is 2.11. The average Bonchev–Trinajstić information content (AvgIpc) is 2.73. The van der Waals surface area contributed by atoms with Crippen molar-refractivity contribution in [3.63, 3.8) is 0 Å². The fraction of sp³-hybridized carbons (Fsp3) is 0.300. The quantitative estimate of drug-likeness (QED) is 0.581. The molecule has 0 fully saturated rings. The molecule has 1 aliphatic rings. The van der Waals surface area contributed by atoms with Crippen LogP contribution in [0.3, 0.4) is 0 Å². The number of nitro groups is 1. The zero-order chi connectivity index (χ0) is 11.5. The van der Waals surface area contributed by atoms with Crippen LogP contribution in [0.4, 0.5) is 11.4 Å². The first kappa shape index (κ1) is 10.4. The number of nitrogens with zero attached hydrogens (tertiary/aromatic N) is 2. The van der Waals surface area contributed by atoms with Crippen LogP contribution in [0.15, 0.2) is 23.2 Å². The maximum atomic E-state index is 10.6. The number of anilines is 1. The number of non-ortho nitro benzene ring substituents is 1. The summed E-state index contributed by atoms with van der Waals surface area (Å²) in [6.07, 6.45) is 0. The van der Waals surface area contributed by atoms with Gasteiger partial charge in [0.05, 0.1) is 17.2 Å². The molecule has 0 amide bonds. The van der Waals surface area contributed by atoms with E-state index in [1.165, 1.54) is 12.1 Å². The number of benzene rings is 1. The summed E-state index contributed by atoms with van der Waals surface area (Å²) < 4.78 is 0. The van der Waals surface area contributed by atoms with Crippen molar-refractivity contribution >= 4 is 17.3 Å². The van der Waals surface area contributed by atoms with Crippen molar-refractivity contribution in [2.45, 2.75) is 6.92 Å². The maximum Gasteiger partial charge on any atom is 0.271 e. The van der Waals surface area contributed by atoms with Crippen molar-refractivity contribution in [2.24, 2.45) is 4.99 Å². The first-order valence-corrected chi connectivity index (χ1v) is 4.97. The van der Waals surface area contributed by atoms with Crippen LogP contribution in [-0.2, 0) is 0 Å². The van der Waals surface area contributed by atoms with Gasteiger partial charge in [-0.3, -0.25) is 15.1 Å². The topological polar surface area (TPSA) is 79.6 Å². The van der Waals surface area contributed by atoms with E-state index in [1.54, 1.807) is 6.07 Å². The first-order chi connectivity index (χ1) is 7.66. The van der Waals surface area contributed by atoms with E-state index >= 15 is 0 Å². The number of rotatable bonds is 2. The highest BCUT2D eigenvalue weighted by molar-refractivity contribution is 5.95. The summed E-state index contributed by atoms with van der Waals surface area (Å²) in [5, 5.41) is 16.7. The summed E-state index contributed by atoms with van der Waals surface area (Å²) in [5.41, 5.74) is 1.73. The molecule has 6 nitrogen and oxygen atoms in total. The SMILES string of the molecule is Cc1ccc([N+](=O)[O-])cc1NC1=NCCN1. The molecule has 6 heteroatoms. The molecule has 0 spiro atoms. The number of guanidine groups is 1. The van der Waals surface area contributed by atoms with E-state index in [2.05, 4.69) is 15.6 Å². The zero-order valence-corrected chi connectivity index (χ0v) is 8.86. The minimum atomic E-state index is -0.408. The van der Waals surface area contributed by atoms with Gasteiger partial charge in [0.1, 0.15) is 0 Å². The van der Waals surface area contributed by atoms with Crippen molar-refractivity contribution < 1.29 is 4.92 Å². The smallest absolute Gasteiger partial charge is 0.271 e. The van der Waals surface area contributed by atoms with Crippen LogP contribution >= 0.6 is 0 Å². The molecular formula is C10H12N4O2. The van der Waals surface area contributed by atoms with Crippen LogP contribution in [0.5, 0.6) is 0 Å². The normalized spacial score (nSPS) is 14.2. The molecule has 84 valence electrons. The van der Waals surface area contributed by atoms with Crippen LogP contribution in [0, 0.1) is 17.0 Å². The van der Waals surface area contributed by atoms with Crippen molar-refractivity contribution in [1.82, 2.24) is 5.32 Å². The van der Waals surface area contributed by atoms with Gasteiger partial charge in [-0.2, -0.15) is 0 Å². The lowest BCUT2D eigenvalue weighted by Crippen LogP contribution is -2.26. The van der Waals surface area contributed by atoms with E-state index in [-0.39, 0.29) is 5.69 Å². The molecule has 2 N–H and O–H groups in total. The Balaban J connectivity index is 2.24. The number of nitrogens with one attached hydrogen (secondary N) is 2. The molecule has 0 atom stereocenters. The van der Waals surface area contributed by atoms with E-state index in [0.717, 1.165) is 18.7 Å².